The summed E-state index contributed by atoms with van der Waals surface area (Å²) in [6, 6.07) is 7.38. The Morgan fingerprint density at radius 2 is 1.85 bits per heavy atom. The van der Waals surface area contributed by atoms with E-state index in [4.69, 9.17) is 11.6 Å². The van der Waals surface area contributed by atoms with Gasteiger partial charge in [0.2, 0.25) is 0 Å². The molecule has 0 aliphatic carbocycles. The topological polar surface area (TPSA) is 12.0 Å². The molecule has 0 bridgehead atoms. The smallest absolute Gasteiger partial charge is 0.150 e. The summed E-state index contributed by atoms with van der Waals surface area (Å²) in [5.74, 6) is -1.41. The van der Waals surface area contributed by atoms with Crippen LogP contribution in [0.5, 0.6) is 0 Å². The van der Waals surface area contributed by atoms with Crippen molar-refractivity contribution in [2.45, 2.75) is 13.0 Å². The van der Waals surface area contributed by atoms with Gasteiger partial charge >= 0.3 is 0 Å². The first-order valence-corrected chi connectivity index (χ1v) is 7.71. The van der Waals surface area contributed by atoms with Gasteiger partial charge in [-0.2, -0.15) is 0 Å². The second-order valence-electron chi connectivity index (χ2n) is 4.28. The Morgan fingerprint density at radius 3 is 2.45 bits per heavy atom. The van der Waals surface area contributed by atoms with Crippen molar-refractivity contribution in [3.05, 3.63) is 61.5 Å². The number of halogens is 5. The van der Waals surface area contributed by atoms with Gasteiger partial charge in [-0.05, 0) is 30.7 Å². The number of benzene rings is 2. The molecular weight excluding hydrogens is 415 g/mol. The van der Waals surface area contributed by atoms with Crippen LogP contribution in [0.3, 0.4) is 0 Å². The summed E-state index contributed by atoms with van der Waals surface area (Å²) in [6.07, 6.45) is 0. The van der Waals surface area contributed by atoms with E-state index in [1.54, 1.807) is 0 Å². The molecule has 0 spiro atoms. The number of hydrogen-bond acceptors (Lipinski definition) is 1. The van der Waals surface area contributed by atoms with Gasteiger partial charge in [0, 0.05) is 21.1 Å². The van der Waals surface area contributed by atoms with Gasteiger partial charge in [0.25, 0.3) is 0 Å². The molecule has 2 rings (SSSR count). The van der Waals surface area contributed by atoms with Gasteiger partial charge in [0.1, 0.15) is 5.82 Å². The van der Waals surface area contributed by atoms with Crippen LogP contribution in [0.2, 0.25) is 5.02 Å². The molecule has 0 aliphatic rings. The molecule has 1 atom stereocenters. The number of hydrogen-bond donors (Lipinski definition) is 1. The zero-order chi connectivity index (χ0) is 14.9. The second kappa shape index (κ2) is 6.41. The van der Waals surface area contributed by atoms with E-state index < -0.39 is 11.6 Å². The Morgan fingerprint density at radius 1 is 1.15 bits per heavy atom. The van der Waals surface area contributed by atoms with E-state index in [0.29, 0.717) is 0 Å². The van der Waals surface area contributed by atoms with Crippen molar-refractivity contribution >= 4 is 49.1 Å². The summed E-state index contributed by atoms with van der Waals surface area (Å²) in [5.41, 5.74) is 1.03. The highest BCUT2D eigenvalue weighted by Gasteiger charge is 2.15. The van der Waals surface area contributed by atoms with Gasteiger partial charge in [-0.3, -0.25) is 0 Å². The predicted molar refractivity (Wildman–Crippen MR) is 85.2 cm³/mol. The van der Waals surface area contributed by atoms with Crippen LogP contribution in [-0.4, -0.2) is 0 Å². The van der Waals surface area contributed by atoms with Crippen LogP contribution in [0.4, 0.5) is 14.5 Å². The molecule has 0 amide bonds. The summed E-state index contributed by atoms with van der Waals surface area (Å²) in [5, 5.41) is 2.98. The van der Waals surface area contributed by atoms with Crippen molar-refractivity contribution in [3.63, 3.8) is 0 Å². The molecule has 1 nitrogen and oxygen atoms in total. The molecule has 0 aliphatic heterocycles. The molecule has 20 heavy (non-hydrogen) atoms. The van der Waals surface area contributed by atoms with Crippen LogP contribution in [0.15, 0.2) is 39.3 Å². The highest BCUT2D eigenvalue weighted by Crippen LogP contribution is 2.33. The second-order valence-corrected chi connectivity index (χ2v) is 6.45. The van der Waals surface area contributed by atoms with E-state index in [9.17, 15) is 8.78 Å². The molecule has 0 fully saturated rings. The fraction of sp³-hybridized carbons (Fsp3) is 0.143. The van der Waals surface area contributed by atoms with Gasteiger partial charge in [0.15, 0.2) is 5.82 Å². The van der Waals surface area contributed by atoms with Gasteiger partial charge < -0.3 is 5.32 Å². The molecule has 0 radical (unpaired) electrons. The Bertz CT molecular complexity index is 626. The maximum absolute atomic E-state index is 13.7. The lowest BCUT2D eigenvalue weighted by Crippen LogP contribution is -2.09. The molecule has 1 unspecified atom stereocenters. The largest absolute Gasteiger partial charge is 0.375 e. The maximum Gasteiger partial charge on any atom is 0.150 e. The average Bonchev–Trinajstić information content (AvgIpc) is 2.33. The van der Waals surface area contributed by atoms with Gasteiger partial charge in [0.05, 0.1) is 10.7 Å². The Balaban J connectivity index is 2.30. The highest BCUT2D eigenvalue weighted by atomic mass is 79.9. The summed E-state index contributed by atoms with van der Waals surface area (Å²) in [6.45, 7) is 1.87. The number of anilines is 1. The minimum Gasteiger partial charge on any atom is -0.375 e. The van der Waals surface area contributed by atoms with Gasteiger partial charge in [-0.25, -0.2) is 8.78 Å². The number of nitrogens with one attached hydrogen (secondary N) is 1. The third-order valence-corrected chi connectivity index (χ3v) is 4.27. The first kappa shape index (κ1) is 15.7. The van der Waals surface area contributed by atoms with E-state index in [0.717, 1.165) is 26.6 Å². The van der Waals surface area contributed by atoms with Gasteiger partial charge in [-0.1, -0.05) is 49.5 Å². The van der Waals surface area contributed by atoms with Crippen molar-refractivity contribution in [2.24, 2.45) is 0 Å². The van der Waals surface area contributed by atoms with E-state index in [1.165, 1.54) is 0 Å². The SMILES string of the molecule is CC(Nc1c(F)cc(F)cc1Cl)c1ccc(Br)cc1Br. The number of rotatable bonds is 3. The fourth-order valence-electron chi connectivity index (χ4n) is 1.83. The van der Waals surface area contributed by atoms with Crippen molar-refractivity contribution in [1.29, 1.82) is 0 Å². The zero-order valence-electron chi connectivity index (χ0n) is 10.4. The van der Waals surface area contributed by atoms with Crippen molar-refractivity contribution in [2.75, 3.05) is 5.32 Å². The molecule has 2 aromatic rings. The molecule has 2 aromatic carbocycles. The predicted octanol–water partition coefficient (Wildman–Crippen LogP) is 6.32. The molecule has 0 saturated carbocycles. The summed E-state index contributed by atoms with van der Waals surface area (Å²) >= 11 is 12.7. The summed E-state index contributed by atoms with van der Waals surface area (Å²) < 4.78 is 28.6. The molecule has 106 valence electrons. The van der Waals surface area contributed by atoms with Crippen LogP contribution in [0.25, 0.3) is 0 Å². The summed E-state index contributed by atoms with van der Waals surface area (Å²) in [7, 11) is 0. The van der Waals surface area contributed by atoms with E-state index in [1.807, 2.05) is 25.1 Å². The zero-order valence-corrected chi connectivity index (χ0v) is 14.3. The lowest BCUT2D eigenvalue weighted by Gasteiger charge is -2.19. The Labute approximate surface area is 137 Å². The molecule has 0 heterocycles. The monoisotopic (exact) mass is 423 g/mol. The molecule has 6 heteroatoms. The third-order valence-electron chi connectivity index (χ3n) is 2.80. The van der Waals surface area contributed by atoms with Crippen LogP contribution >= 0.6 is 43.5 Å². The molecular formula is C14H10Br2ClF2N. The highest BCUT2D eigenvalue weighted by molar-refractivity contribution is 9.11. The molecule has 0 saturated heterocycles. The van der Waals surface area contributed by atoms with Crippen molar-refractivity contribution in [1.82, 2.24) is 0 Å². The van der Waals surface area contributed by atoms with Crippen molar-refractivity contribution < 1.29 is 8.78 Å². The van der Waals surface area contributed by atoms with Gasteiger partial charge in [-0.15, -0.1) is 0 Å². The van der Waals surface area contributed by atoms with Crippen molar-refractivity contribution in [3.8, 4) is 0 Å². The van der Waals surface area contributed by atoms with Crippen LogP contribution in [0, 0.1) is 11.6 Å². The van der Waals surface area contributed by atoms with Crippen LogP contribution in [-0.2, 0) is 0 Å². The van der Waals surface area contributed by atoms with E-state index in [2.05, 4.69) is 37.2 Å². The lowest BCUT2D eigenvalue weighted by molar-refractivity contribution is 0.584. The van der Waals surface area contributed by atoms with Crippen LogP contribution in [0.1, 0.15) is 18.5 Å². The maximum atomic E-state index is 13.7. The standard InChI is InChI=1S/C14H10Br2ClF2N/c1-7(10-3-2-8(15)4-11(10)16)20-14-12(17)5-9(18)6-13(14)19/h2-7,20H,1H3. The molecule has 0 aromatic heterocycles. The van der Waals surface area contributed by atoms with E-state index in [-0.39, 0.29) is 16.8 Å². The minimum atomic E-state index is -0.713. The Kier molecular flexibility index (Phi) is 5.04. The quantitative estimate of drug-likeness (QED) is 0.607. The lowest BCUT2D eigenvalue weighted by atomic mass is 10.1. The first-order chi connectivity index (χ1) is 9.38. The average molecular weight is 425 g/mol. The minimum absolute atomic E-state index is 0.0163. The summed E-state index contributed by atoms with van der Waals surface area (Å²) in [4.78, 5) is 0. The fourth-order valence-corrected chi connectivity index (χ4v) is 3.47. The van der Waals surface area contributed by atoms with E-state index >= 15 is 0 Å². The third kappa shape index (κ3) is 3.51. The Hall–Kier alpha value is -0.650. The molecule has 1 N–H and O–H groups in total. The van der Waals surface area contributed by atoms with Crippen LogP contribution < -0.4 is 5.32 Å². The normalized spacial score (nSPS) is 12.3. The first-order valence-electron chi connectivity index (χ1n) is 5.74.